The molecule has 2 rings (SSSR count). The largest absolute Gasteiger partial charge is 0.313 e. The quantitative estimate of drug-likeness (QED) is 0.548. The molecule has 5 heteroatoms. The average Bonchev–Trinajstić information content (AvgIpc) is 2.35. The standard InChI is InChI=1S/C6H4N2O2S/c9-5-4-1-2-11(10)6(4)8-3-7-5/h1-3H,(H,7,8,9). The van der Waals surface area contributed by atoms with E-state index < -0.39 is 10.8 Å². The molecule has 4 nitrogen and oxygen atoms in total. The molecule has 0 fully saturated rings. The van der Waals surface area contributed by atoms with Crippen molar-refractivity contribution in [1.82, 2.24) is 9.97 Å². The Balaban J connectivity index is 2.84. The topological polar surface area (TPSA) is 62.8 Å². The highest BCUT2D eigenvalue weighted by molar-refractivity contribution is 7.88. The van der Waals surface area contributed by atoms with Crippen LogP contribution in [0.4, 0.5) is 0 Å². The molecular weight excluding hydrogens is 164 g/mol. The predicted molar refractivity (Wildman–Crippen MR) is 40.3 cm³/mol. The molecule has 0 aliphatic carbocycles. The van der Waals surface area contributed by atoms with Crippen molar-refractivity contribution in [1.29, 1.82) is 0 Å². The molecule has 1 atom stereocenters. The van der Waals surface area contributed by atoms with E-state index in [9.17, 15) is 9.00 Å². The van der Waals surface area contributed by atoms with Gasteiger partial charge in [0.15, 0.2) is 0 Å². The summed E-state index contributed by atoms with van der Waals surface area (Å²) in [7, 11) is -1.22. The van der Waals surface area contributed by atoms with Crippen LogP contribution in [-0.4, -0.2) is 14.2 Å². The minimum absolute atomic E-state index is 0.239. The zero-order valence-corrected chi connectivity index (χ0v) is 6.22. The van der Waals surface area contributed by atoms with Gasteiger partial charge in [0.25, 0.3) is 5.56 Å². The molecule has 1 N–H and O–H groups in total. The summed E-state index contributed by atoms with van der Waals surface area (Å²) in [6, 6.07) is 0. The van der Waals surface area contributed by atoms with Gasteiger partial charge in [0.2, 0.25) is 0 Å². The van der Waals surface area contributed by atoms with E-state index in [1.165, 1.54) is 17.8 Å². The number of H-pyrrole nitrogens is 1. The molecule has 11 heavy (non-hydrogen) atoms. The first-order valence-corrected chi connectivity index (χ1v) is 4.17. The minimum Gasteiger partial charge on any atom is -0.313 e. The van der Waals surface area contributed by atoms with Crippen molar-refractivity contribution in [2.45, 2.75) is 5.03 Å². The molecule has 56 valence electrons. The summed E-state index contributed by atoms with van der Waals surface area (Å²) < 4.78 is 11.0. The second-order valence-electron chi connectivity index (χ2n) is 2.05. The number of rotatable bonds is 0. The van der Waals surface area contributed by atoms with Crippen LogP contribution in [-0.2, 0) is 10.8 Å². The number of aromatic amines is 1. The van der Waals surface area contributed by atoms with Gasteiger partial charge in [-0.25, -0.2) is 9.19 Å². The summed E-state index contributed by atoms with van der Waals surface area (Å²) in [4.78, 5) is 17.2. The molecule has 0 amide bonds. The second-order valence-corrected chi connectivity index (χ2v) is 3.30. The van der Waals surface area contributed by atoms with Crippen molar-refractivity contribution in [2.24, 2.45) is 0 Å². The zero-order chi connectivity index (χ0) is 7.84. The minimum atomic E-state index is -1.22. The van der Waals surface area contributed by atoms with Gasteiger partial charge < -0.3 is 4.98 Å². The Morgan fingerprint density at radius 3 is 3.09 bits per heavy atom. The molecule has 1 aromatic heterocycles. The normalized spacial score (nSPS) is 20.2. The van der Waals surface area contributed by atoms with Crippen LogP contribution in [0.5, 0.6) is 0 Å². The van der Waals surface area contributed by atoms with Crippen molar-refractivity contribution in [3.8, 4) is 0 Å². The van der Waals surface area contributed by atoms with Crippen LogP contribution in [0.25, 0.3) is 6.08 Å². The third kappa shape index (κ3) is 0.848. The Morgan fingerprint density at radius 1 is 1.55 bits per heavy atom. The van der Waals surface area contributed by atoms with Crippen molar-refractivity contribution in [2.75, 3.05) is 0 Å². The number of nitrogens with one attached hydrogen (secondary N) is 1. The maximum Gasteiger partial charge on any atom is 0.259 e. The molecule has 1 aliphatic heterocycles. The smallest absolute Gasteiger partial charge is 0.259 e. The van der Waals surface area contributed by atoms with Crippen LogP contribution in [0.1, 0.15) is 5.56 Å². The fourth-order valence-corrected chi connectivity index (χ4v) is 1.82. The number of hydrogen-bond acceptors (Lipinski definition) is 3. The zero-order valence-electron chi connectivity index (χ0n) is 5.40. The van der Waals surface area contributed by atoms with Gasteiger partial charge in [0.1, 0.15) is 5.03 Å². The highest BCUT2D eigenvalue weighted by Crippen LogP contribution is 2.15. The highest BCUT2D eigenvalue weighted by Gasteiger charge is 2.15. The number of fused-ring (bicyclic) bond motifs is 1. The average molecular weight is 168 g/mol. The first-order valence-electron chi connectivity index (χ1n) is 2.95. The number of aromatic nitrogens is 2. The molecule has 2 heterocycles. The lowest BCUT2D eigenvalue weighted by Crippen LogP contribution is -2.10. The molecule has 1 unspecified atom stereocenters. The van der Waals surface area contributed by atoms with Crippen LogP contribution in [0.2, 0.25) is 0 Å². The Bertz CT molecular complexity index is 407. The monoisotopic (exact) mass is 168 g/mol. The van der Waals surface area contributed by atoms with Crippen LogP contribution < -0.4 is 5.56 Å². The summed E-state index contributed by atoms with van der Waals surface area (Å²) in [6.07, 6.45) is 2.78. The Kier molecular flexibility index (Phi) is 1.25. The van der Waals surface area contributed by atoms with E-state index in [0.717, 1.165) is 0 Å². The lowest BCUT2D eigenvalue weighted by molar-refractivity contribution is 0.686. The van der Waals surface area contributed by atoms with Crippen molar-refractivity contribution in [3.05, 3.63) is 27.7 Å². The molecule has 0 saturated carbocycles. The van der Waals surface area contributed by atoms with E-state index >= 15 is 0 Å². The van der Waals surface area contributed by atoms with Crippen molar-refractivity contribution in [3.63, 3.8) is 0 Å². The Hall–Kier alpha value is -1.23. The maximum absolute atomic E-state index is 11.0. The third-order valence-corrected chi connectivity index (χ3v) is 2.49. The second kappa shape index (κ2) is 2.13. The molecule has 0 saturated heterocycles. The molecule has 0 radical (unpaired) electrons. The van der Waals surface area contributed by atoms with Crippen LogP contribution in [0.15, 0.2) is 21.6 Å². The van der Waals surface area contributed by atoms with Crippen molar-refractivity contribution < 1.29 is 4.21 Å². The van der Waals surface area contributed by atoms with Gasteiger partial charge in [0.05, 0.1) is 22.7 Å². The highest BCUT2D eigenvalue weighted by atomic mass is 32.2. The van der Waals surface area contributed by atoms with E-state index in [1.807, 2.05) is 0 Å². The molecule has 1 aliphatic rings. The Morgan fingerprint density at radius 2 is 2.36 bits per heavy atom. The molecule has 0 aromatic carbocycles. The molecule has 0 spiro atoms. The van der Waals surface area contributed by atoms with Gasteiger partial charge in [-0.2, -0.15) is 0 Å². The van der Waals surface area contributed by atoms with E-state index in [1.54, 1.807) is 0 Å². The summed E-state index contributed by atoms with van der Waals surface area (Å²) in [6.45, 7) is 0. The maximum atomic E-state index is 11.0. The molecule has 0 bridgehead atoms. The molecule has 1 aromatic rings. The van der Waals surface area contributed by atoms with Crippen molar-refractivity contribution >= 4 is 16.9 Å². The predicted octanol–water partition coefficient (Wildman–Crippen LogP) is -0.138. The van der Waals surface area contributed by atoms with Gasteiger partial charge in [-0.15, -0.1) is 0 Å². The van der Waals surface area contributed by atoms with E-state index in [4.69, 9.17) is 0 Å². The lowest BCUT2D eigenvalue weighted by Gasteiger charge is -1.91. The molecular formula is C6H4N2O2S. The summed E-state index contributed by atoms with van der Waals surface area (Å²) in [5, 5.41) is 1.81. The number of nitrogens with zero attached hydrogens (tertiary/aromatic N) is 1. The first kappa shape index (κ1) is 6.48. The lowest BCUT2D eigenvalue weighted by atomic mass is 10.3. The number of hydrogen-bond donors (Lipinski definition) is 1. The van der Waals surface area contributed by atoms with Crippen LogP contribution >= 0.6 is 0 Å². The van der Waals surface area contributed by atoms with Crippen LogP contribution in [0.3, 0.4) is 0 Å². The van der Waals surface area contributed by atoms with E-state index in [2.05, 4.69) is 9.97 Å². The van der Waals surface area contributed by atoms with E-state index in [0.29, 0.717) is 10.6 Å². The fraction of sp³-hybridized carbons (Fsp3) is 0. The van der Waals surface area contributed by atoms with Gasteiger partial charge >= 0.3 is 0 Å². The van der Waals surface area contributed by atoms with Crippen LogP contribution in [0, 0.1) is 0 Å². The third-order valence-electron chi connectivity index (χ3n) is 1.40. The van der Waals surface area contributed by atoms with E-state index in [-0.39, 0.29) is 5.56 Å². The van der Waals surface area contributed by atoms with Gasteiger partial charge in [0, 0.05) is 5.41 Å². The van der Waals surface area contributed by atoms with Gasteiger partial charge in [-0.3, -0.25) is 4.79 Å². The van der Waals surface area contributed by atoms with Gasteiger partial charge in [-0.1, -0.05) is 0 Å². The fourth-order valence-electron chi connectivity index (χ4n) is 0.896. The summed E-state index contributed by atoms with van der Waals surface area (Å²) in [5.74, 6) is 0. The SMILES string of the molecule is O=c1[nH]cnc2c1C=CS2=O. The van der Waals surface area contributed by atoms with Gasteiger partial charge in [-0.05, 0) is 6.08 Å². The summed E-state index contributed by atoms with van der Waals surface area (Å²) >= 11 is 0. The first-order chi connectivity index (χ1) is 5.29. The Labute approximate surface area is 64.4 Å². The summed E-state index contributed by atoms with van der Waals surface area (Å²) in [5.41, 5.74) is 0.169.